The Bertz CT molecular complexity index is 556. The zero-order valence-corrected chi connectivity index (χ0v) is 13.1. The van der Waals surface area contributed by atoms with Crippen LogP contribution in [0.1, 0.15) is 22.7 Å². The first-order valence-electron chi connectivity index (χ1n) is 7.18. The molecule has 1 aromatic rings. The van der Waals surface area contributed by atoms with Crippen molar-refractivity contribution in [2.45, 2.75) is 19.9 Å². The predicted molar refractivity (Wildman–Crippen MR) is 81.9 cm³/mol. The number of carbonyl (C=O) groups is 2. The zero-order valence-electron chi connectivity index (χ0n) is 13.1. The second kappa shape index (κ2) is 6.26. The number of aryl methyl sites for hydroxylation is 2. The fourth-order valence-corrected chi connectivity index (χ4v) is 2.71. The van der Waals surface area contributed by atoms with Gasteiger partial charge >= 0.3 is 0 Å². The molecule has 1 atom stereocenters. The first-order valence-corrected chi connectivity index (χ1v) is 7.18. The maximum Gasteiger partial charge on any atom is 0.242 e. The summed E-state index contributed by atoms with van der Waals surface area (Å²) in [5.74, 6) is -0.00723. The molecule has 0 spiro atoms. The highest BCUT2D eigenvalue weighted by Gasteiger charge is 2.29. The summed E-state index contributed by atoms with van der Waals surface area (Å²) < 4.78 is 0. The van der Waals surface area contributed by atoms with Crippen molar-refractivity contribution >= 4 is 11.8 Å². The third-order valence-corrected chi connectivity index (χ3v) is 4.03. The minimum atomic E-state index is -0.00918. The van der Waals surface area contributed by atoms with Gasteiger partial charge in [0.1, 0.15) is 0 Å². The maximum atomic E-state index is 12.1. The first-order chi connectivity index (χ1) is 9.92. The minimum absolute atomic E-state index is 0.00196. The molecule has 5 nitrogen and oxygen atoms in total. The van der Waals surface area contributed by atoms with Gasteiger partial charge in [0.05, 0.1) is 13.1 Å². The Kier molecular flexibility index (Phi) is 4.63. The van der Waals surface area contributed by atoms with Gasteiger partial charge < -0.3 is 15.1 Å². The van der Waals surface area contributed by atoms with E-state index in [2.05, 4.69) is 37.4 Å². The van der Waals surface area contributed by atoms with Crippen LogP contribution in [0.15, 0.2) is 18.2 Å². The molecule has 1 unspecified atom stereocenters. The Morgan fingerprint density at radius 1 is 1.19 bits per heavy atom. The van der Waals surface area contributed by atoms with E-state index in [0.717, 1.165) is 0 Å². The molecule has 0 saturated carbocycles. The molecule has 0 bridgehead atoms. The summed E-state index contributed by atoms with van der Waals surface area (Å²) in [7, 11) is 3.55. The van der Waals surface area contributed by atoms with Gasteiger partial charge in [-0.1, -0.05) is 23.8 Å². The number of hydrogen-bond donors (Lipinski definition) is 1. The van der Waals surface area contributed by atoms with Crippen LogP contribution in [0.3, 0.4) is 0 Å². The molecule has 1 aliphatic heterocycles. The molecule has 1 saturated heterocycles. The SMILES string of the molecule is CNC(CN1CC(=O)N(C)CC1=O)c1ccc(C)cc1C. The smallest absolute Gasteiger partial charge is 0.242 e. The van der Waals surface area contributed by atoms with Crippen molar-refractivity contribution < 1.29 is 9.59 Å². The van der Waals surface area contributed by atoms with Crippen LogP contribution in [0.5, 0.6) is 0 Å². The molecule has 1 aliphatic rings. The van der Waals surface area contributed by atoms with E-state index in [-0.39, 0.29) is 30.9 Å². The van der Waals surface area contributed by atoms with E-state index in [1.807, 2.05) is 7.05 Å². The van der Waals surface area contributed by atoms with Crippen LogP contribution in [0.2, 0.25) is 0 Å². The molecule has 5 heteroatoms. The van der Waals surface area contributed by atoms with Crippen molar-refractivity contribution in [3.05, 3.63) is 34.9 Å². The fourth-order valence-electron chi connectivity index (χ4n) is 2.71. The molecule has 1 fully saturated rings. The van der Waals surface area contributed by atoms with Crippen molar-refractivity contribution in [1.82, 2.24) is 15.1 Å². The van der Waals surface area contributed by atoms with Crippen molar-refractivity contribution in [3.63, 3.8) is 0 Å². The summed E-state index contributed by atoms with van der Waals surface area (Å²) in [5.41, 5.74) is 3.58. The van der Waals surface area contributed by atoms with Crippen LogP contribution < -0.4 is 5.32 Å². The van der Waals surface area contributed by atoms with E-state index >= 15 is 0 Å². The predicted octanol–water partition coefficient (Wildman–Crippen LogP) is 0.865. The number of amides is 2. The van der Waals surface area contributed by atoms with Gasteiger partial charge in [-0.25, -0.2) is 0 Å². The Morgan fingerprint density at radius 3 is 2.52 bits per heavy atom. The lowest BCUT2D eigenvalue weighted by Gasteiger charge is -2.34. The molecule has 1 aromatic carbocycles. The number of nitrogens with zero attached hydrogens (tertiary/aromatic N) is 2. The zero-order chi connectivity index (χ0) is 15.6. The number of rotatable bonds is 4. The number of likely N-dealkylation sites (N-methyl/N-ethyl adjacent to an activating group) is 2. The molecule has 1 heterocycles. The Balaban J connectivity index is 2.15. The van der Waals surface area contributed by atoms with Gasteiger partial charge in [-0.15, -0.1) is 0 Å². The number of benzene rings is 1. The molecule has 0 radical (unpaired) electrons. The van der Waals surface area contributed by atoms with Crippen LogP contribution in [0.4, 0.5) is 0 Å². The normalized spacial score (nSPS) is 17.3. The number of carbonyl (C=O) groups excluding carboxylic acids is 2. The van der Waals surface area contributed by atoms with Crippen molar-refractivity contribution in [1.29, 1.82) is 0 Å². The van der Waals surface area contributed by atoms with Crippen LogP contribution in [-0.2, 0) is 9.59 Å². The standard InChI is InChI=1S/C16H23N3O2/c1-11-5-6-13(12(2)7-11)14(17-3)8-19-10-15(20)18(4)9-16(19)21/h5-7,14,17H,8-10H2,1-4H3. The summed E-state index contributed by atoms with van der Waals surface area (Å²) in [4.78, 5) is 27.0. The topological polar surface area (TPSA) is 52.7 Å². The van der Waals surface area contributed by atoms with E-state index < -0.39 is 0 Å². The lowest BCUT2D eigenvalue weighted by Crippen LogP contribution is -2.53. The number of piperazine rings is 1. The highest BCUT2D eigenvalue weighted by molar-refractivity contribution is 5.92. The summed E-state index contributed by atoms with van der Waals surface area (Å²) in [6, 6.07) is 6.33. The fraction of sp³-hybridized carbons (Fsp3) is 0.500. The van der Waals surface area contributed by atoms with Crippen molar-refractivity contribution in [2.75, 3.05) is 33.7 Å². The van der Waals surface area contributed by atoms with Gasteiger partial charge in [0.15, 0.2) is 0 Å². The van der Waals surface area contributed by atoms with Gasteiger partial charge in [-0.05, 0) is 32.0 Å². The molecule has 21 heavy (non-hydrogen) atoms. The molecule has 1 N–H and O–H groups in total. The van der Waals surface area contributed by atoms with Gasteiger partial charge in [-0.2, -0.15) is 0 Å². The molecule has 114 valence electrons. The van der Waals surface area contributed by atoms with Gasteiger partial charge in [0.25, 0.3) is 0 Å². The highest BCUT2D eigenvalue weighted by atomic mass is 16.2. The van der Waals surface area contributed by atoms with E-state index in [1.165, 1.54) is 21.6 Å². The van der Waals surface area contributed by atoms with Crippen LogP contribution in [0, 0.1) is 13.8 Å². The van der Waals surface area contributed by atoms with E-state index in [0.29, 0.717) is 6.54 Å². The summed E-state index contributed by atoms with van der Waals surface area (Å²) in [6.07, 6.45) is 0. The van der Waals surface area contributed by atoms with E-state index in [9.17, 15) is 9.59 Å². The number of nitrogens with one attached hydrogen (secondary N) is 1. The van der Waals surface area contributed by atoms with E-state index in [4.69, 9.17) is 0 Å². The van der Waals surface area contributed by atoms with Crippen LogP contribution in [-0.4, -0.2) is 55.3 Å². The Morgan fingerprint density at radius 2 is 1.90 bits per heavy atom. The molecular weight excluding hydrogens is 266 g/mol. The second-order valence-corrected chi connectivity index (χ2v) is 5.73. The third-order valence-electron chi connectivity index (χ3n) is 4.03. The monoisotopic (exact) mass is 289 g/mol. The summed E-state index contributed by atoms with van der Waals surface area (Å²) >= 11 is 0. The molecule has 2 amide bonds. The van der Waals surface area contributed by atoms with Gasteiger partial charge in [0.2, 0.25) is 11.8 Å². The van der Waals surface area contributed by atoms with Crippen molar-refractivity contribution in [3.8, 4) is 0 Å². The molecule has 0 aromatic heterocycles. The molecule has 2 rings (SSSR count). The Labute approximate surface area is 125 Å². The average Bonchev–Trinajstić information content (AvgIpc) is 2.42. The summed E-state index contributed by atoms with van der Waals surface area (Å²) in [6.45, 7) is 4.98. The first kappa shape index (κ1) is 15.5. The van der Waals surface area contributed by atoms with Gasteiger partial charge in [-0.3, -0.25) is 9.59 Å². The quantitative estimate of drug-likeness (QED) is 0.894. The van der Waals surface area contributed by atoms with Crippen LogP contribution >= 0.6 is 0 Å². The number of hydrogen-bond acceptors (Lipinski definition) is 3. The average molecular weight is 289 g/mol. The van der Waals surface area contributed by atoms with Crippen LogP contribution in [0.25, 0.3) is 0 Å². The molecule has 0 aliphatic carbocycles. The minimum Gasteiger partial charge on any atom is -0.335 e. The maximum absolute atomic E-state index is 12.1. The van der Waals surface area contributed by atoms with E-state index in [1.54, 1.807) is 11.9 Å². The van der Waals surface area contributed by atoms with Crippen molar-refractivity contribution in [2.24, 2.45) is 0 Å². The summed E-state index contributed by atoms with van der Waals surface area (Å²) in [5, 5.41) is 3.25. The Hall–Kier alpha value is -1.88. The lowest BCUT2D eigenvalue weighted by molar-refractivity contribution is -0.149. The second-order valence-electron chi connectivity index (χ2n) is 5.73. The third kappa shape index (κ3) is 3.42. The lowest BCUT2D eigenvalue weighted by atomic mass is 9.98. The van der Waals surface area contributed by atoms with Gasteiger partial charge in [0, 0.05) is 19.6 Å². The molecular formula is C16H23N3O2. The highest BCUT2D eigenvalue weighted by Crippen LogP contribution is 2.20. The largest absolute Gasteiger partial charge is 0.335 e.